The zero-order chi connectivity index (χ0) is 20.0. The van der Waals surface area contributed by atoms with Crippen molar-refractivity contribution in [2.75, 3.05) is 5.32 Å². The lowest BCUT2D eigenvalue weighted by molar-refractivity contribution is -0.132. The molecule has 150 valence electrons. The zero-order valence-electron chi connectivity index (χ0n) is 16.1. The standard InChI is InChI=1S/C23H24FN3O2/c24-17-5-3-4-14(10-17)13-25-21(28)19-11-16-9-8-15(19)12-23(16)26-20-7-2-1-6-18(20)22(29)27-23/h1-7,10,15-16,19,26H,8-9,11-13H2,(H,25,28)(H,27,29)/t15-,16+,19-,23+/m0/s1. The maximum absolute atomic E-state index is 13.4. The first-order valence-corrected chi connectivity index (χ1v) is 10.3. The van der Waals surface area contributed by atoms with E-state index in [9.17, 15) is 14.0 Å². The highest BCUT2D eigenvalue weighted by atomic mass is 19.1. The molecule has 2 bridgehead atoms. The monoisotopic (exact) mass is 393 g/mol. The quantitative estimate of drug-likeness (QED) is 0.748. The molecule has 3 N–H and O–H groups in total. The molecule has 2 amide bonds. The summed E-state index contributed by atoms with van der Waals surface area (Å²) in [7, 11) is 0. The van der Waals surface area contributed by atoms with Gasteiger partial charge in [0.1, 0.15) is 11.5 Å². The molecule has 4 atom stereocenters. The van der Waals surface area contributed by atoms with Gasteiger partial charge in [-0.15, -0.1) is 0 Å². The molecule has 3 fully saturated rings. The number of fused-ring (bicyclic) bond motifs is 3. The summed E-state index contributed by atoms with van der Waals surface area (Å²) in [6, 6.07) is 13.9. The van der Waals surface area contributed by atoms with Crippen LogP contribution in [0.2, 0.25) is 0 Å². The van der Waals surface area contributed by atoms with Crippen LogP contribution < -0.4 is 16.0 Å². The first-order chi connectivity index (χ1) is 14.0. The van der Waals surface area contributed by atoms with Crippen molar-refractivity contribution in [3.8, 4) is 0 Å². The molecule has 0 saturated heterocycles. The minimum absolute atomic E-state index is 0.0290. The van der Waals surface area contributed by atoms with E-state index in [2.05, 4.69) is 16.0 Å². The summed E-state index contributed by atoms with van der Waals surface area (Å²) < 4.78 is 13.4. The molecule has 1 spiro atoms. The number of para-hydroxylation sites is 1. The van der Waals surface area contributed by atoms with Gasteiger partial charge in [-0.1, -0.05) is 24.3 Å². The Hall–Kier alpha value is -2.89. The van der Waals surface area contributed by atoms with Gasteiger partial charge in [0.2, 0.25) is 5.91 Å². The lowest BCUT2D eigenvalue weighted by Crippen LogP contribution is -2.68. The first kappa shape index (κ1) is 18.2. The summed E-state index contributed by atoms with van der Waals surface area (Å²) >= 11 is 0. The molecular weight excluding hydrogens is 369 g/mol. The van der Waals surface area contributed by atoms with Crippen molar-refractivity contribution in [2.45, 2.75) is 37.9 Å². The van der Waals surface area contributed by atoms with Crippen LogP contribution in [0, 0.1) is 23.6 Å². The number of benzene rings is 2. The van der Waals surface area contributed by atoms with Crippen molar-refractivity contribution in [1.29, 1.82) is 0 Å². The van der Waals surface area contributed by atoms with E-state index in [1.54, 1.807) is 6.07 Å². The maximum atomic E-state index is 13.4. The normalized spacial score (nSPS) is 29.7. The maximum Gasteiger partial charge on any atom is 0.255 e. The zero-order valence-corrected chi connectivity index (χ0v) is 16.1. The summed E-state index contributed by atoms with van der Waals surface area (Å²) in [6.45, 7) is 0.331. The van der Waals surface area contributed by atoms with Crippen LogP contribution in [0.15, 0.2) is 48.5 Å². The smallest absolute Gasteiger partial charge is 0.255 e. The minimum Gasteiger partial charge on any atom is -0.362 e. The van der Waals surface area contributed by atoms with E-state index < -0.39 is 5.66 Å². The number of anilines is 1. The number of halogens is 1. The summed E-state index contributed by atoms with van der Waals surface area (Å²) in [4.78, 5) is 25.5. The highest BCUT2D eigenvalue weighted by molar-refractivity contribution is 6.02. The third kappa shape index (κ3) is 3.16. The summed E-state index contributed by atoms with van der Waals surface area (Å²) in [6.07, 6.45) is 3.47. The Kier molecular flexibility index (Phi) is 4.30. The molecule has 5 nitrogen and oxygen atoms in total. The van der Waals surface area contributed by atoms with Gasteiger partial charge < -0.3 is 16.0 Å². The lowest BCUT2D eigenvalue weighted by atomic mass is 9.58. The van der Waals surface area contributed by atoms with Gasteiger partial charge in [-0.3, -0.25) is 9.59 Å². The number of nitrogens with one attached hydrogen (secondary N) is 3. The lowest BCUT2D eigenvalue weighted by Gasteiger charge is -2.56. The number of hydrogen-bond donors (Lipinski definition) is 3. The molecule has 4 aliphatic rings. The van der Waals surface area contributed by atoms with Crippen LogP contribution in [0.1, 0.15) is 41.6 Å². The Bertz CT molecular complexity index is 978. The van der Waals surface area contributed by atoms with Crippen LogP contribution in [0.5, 0.6) is 0 Å². The van der Waals surface area contributed by atoms with E-state index in [-0.39, 0.29) is 35.4 Å². The number of carbonyl (C=O) groups excluding carboxylic acids is 2. The highest BCUT2D eigenvalue weighted by Gasteiger charge is 2.55. The fraction of sp³-hybridized carbons (Fsp3) is 0.391. The Balaban J connectivity index is 1.29. The van der Waals surface area contributed by atoms with Crippen LogP contribution in [0.3, 0.4) is 0 Å². The fourth-order valence-corrected chi connectivity index (χ4v) is 5.43. The van der Waals surface area contributed by atoms with E-state index in [1.165, 1.54) is 12.1 Å². The second-order valence-electron chi connectivity index (χ2n) is 8.52. The predicted octanol–water partition coefficient (Wildman–Crippen LogP) is 3.43. The molecule has 6 rings (SSSR count). The van der Waals surface area contributed by atoms with E-state index in [1.807, 2.05) is 30.3 Å². The largest absolute Gasteiger partial charge is 0.362 e. The Morgan fingerprint density at radius 1 is 1.14 bits per heavy atom. The topological polar surface area (TPSA) is 70.2 Å². The third-order valence-corrected chi connectivity index (χ3v) is 6.83. The average Bonchev–Trinajstić information content (AvgIpc) is 2.72. The van der Waals surface area contributed by atoms with Crippen LogP contribution in [-0.2, 0) is 11.3 Å². The van der Waals surface area contributed by atoms with Crippen molar-refractivity contribution in [3.63, 3.8) is 0 Å². The van der Waals surface area contributed by atoms with Gasteiger partial charge in [-0.05, 0) is 61.4 Å². The van der Waals surface area contributed by atoms with Gasteiger partial charge in [0.05, 0.1) is 5.56 Å². The fourth-order valence-electron chi connectivity index (χ4n) is 5.43. The van der Waals surface area contributed by atoms with Gasteiger partial charge in [-0.2, -0.15) is 0 Å². The molecule has 0 radical (unpaired) electrons. The molecule has 1 heterocycles. The van der Waals surface area contributed by atoms with Crippen LogP contribution >= 0.6 is 0 Å². The number of carbonyl (C=O) groups is 2. The van der Waals surface area contributed by atoms with Crippen LogP contribution in [0.25, 0.3) is 0 Å². The number of amides is 2. The Morgan fingerprint density at radius 3 is 2.79 bits per heavy atom. The van der Waals surface area contributed by atoms with Crippen molar-refractivity contribution in [2.24, 2.45) is 17.8 Å². The van der Waals surface area contributed by atoms with Gasteiger partial charge in [0, 0.05) is 24.1 Å². The molecule has 0 aromatic heterocycles. The van der Waals surface area contributed by atoms with E-state index in [4.69, 9.17) is 0 Å². The summed E-state index contributed by atoms with van der Waals surface area (Å²) in [5.41, 5.74) is 1.83. The predicted molar refractivity (Wildman–Crippen MR) is 107 cm³/mol. The van der Waals surface area contributed by atoms with Crippen molar-refractivity contribution in [3.05, 3.63) is 65.5 Å². The second kappa shape index (κ2) is 6.87. The van der Waals surface area contributed by atoms with E-state index in [0.29, 0.717) is 12.1 Å². The van der Waals surface area contributed by atoms with Gasteiger partial charge in [0.25, 0.3) is 5.91 Å². The van der Waals surface area contributed by atoms with Crippen molar-refractivity contribution >= 4 is 17.5 Å². The van der Waals surface area contributed by atoms with E-state index >= 15 is 0 Å². The summed E-state index contributed by atoms with van der Waals surface area (Å²) in [5.74, 6) is 0.0410. The molecule has 6 heteroatoms. The molecule has 0 unspecified atom stereocenters. The molecule has 3 aliphatic carbocycles. The number of rotatable bonds is 3. The van der Waals surface area contributed by atoms with Crippen LogP contribution in [-0.4, -0.2) is 17.5 Å². The summed E-state index contributed by atoms with van der Waals surface area (Å²) in [5, 5.41) is 9.80. The minimum atomic E-state index is -0.465. The number of hydrogen-bond acceptors (Lipinski definition) is 3. The van der Waals surface area contributed by atoms with Gasteiger partial charge >= 0.3 is 0 Å². The second-order valence-corrected chi connectivity index (χ2v) is 8.52. The average molecular weight is 393 g/mol. The molecular formula is C23H24FN3O2. The van der Waals surface area contributed by atoms with E-state index in [0.717, 1.165) is 36.9 Å². The molecule has 1 aliphatic heterocycles. The van der Waals surface area contributed by atoms with Gasteiger partial charge in [-0.25, -0.2) is 4.39 Å². The van der Waals surface area contributed by atoms with Crippen molar-refractivity contribution < 1.29 is 14.0 Å². The molecule has 3 saturated carbocycles. The Morgan fingerprint density at radius 2 is 2.00 bits per heavy atom. The highest BCUT2D eigenvalue weighted by Crippen LogP contribution is 2.51. The third-order valence-electron chi connectivity index (χ3n) is 6.83. The molecule has 2 aromatic carbocycles. The molecule has 2 aromatic rings. The van der Waals surface area contributed by atoms with Crippen LogP contribution in [0.4, 0.5) is 10.1 Å². The first-order valence-electron chi connectivity index (χ1n) is 10.3. The molecule has 29 heavy (non-hydrogen) atoms. The van der Waals surface area contributed by atoms with Gasteiger partial charge in [0.15, 0.2) is 0 Å². The SMILES string of the molecule is O=C1N[C@@]2(C[C@@H]3CC[C@@H]2C[C@@H]3C(=O)NCc2cccc(F)c2)Nc2ccccc21. The van der Waals surface area contributed by atoms with Crippen molar-refractivity contribution in [1.82, 2.24) is 10.6 Å². The Labute approximate surface area is 169 Å².